The van der Waals surface area contributed by atoms with Crippen LogP contribution in [0.5, 0.6) is 5.75 Å². The Balaban J connectivity index is 1.93. The molecule has 1 aliphatic heterocycles. The number of nitro benzene ring substituents is 1. The zero-order valence-electron chi connectivity index (χ0n) is 10.6. The van der Waals surface area contributed by atoms with Crippen LogP contribution >= 0.6 is 0 Å². The zero-order valence-corrected chi connectivity index (χ0v) is 10.6. The lowest BCUT2D eigenvalue weighted by molar-refractivity contribution is -0.384. The molecule has 0 saturated carbocycles. The van der Waals surface area contributed by atoms with E-state index >= 15 is 0 Å². The number of nitrogens with zero attached hydrogens (tertiary/aromatic N) is 1. The summed E-state index contributed by atoms with van der Waals surface area (Å²) in [6.07, 6.45) is -0.790. The Morgan fingerprint density at radius 3 is 2.76 bits per heavy atom. The van der Waals surface area contributed by atoms with Gasteiger partial charge in [0.1, 0.15) is 5.75 Å². The number of fused-ring (bicyclic) bond motifs is 1. The predicted molar refractivity (Wildman–Crippen MR) is 73.0 cm³/mol. The van der Waals surface area contributed by atoms with Crippen LogP contribution in [0.4, 0.5) is 11.4 Å². The Kier molecular flexibility index (Phi) is 2.94. The van der Waals surface area contributed by atoms with Gasteiger partial charge >= 0.3 is 5.97 Å². The van der Waals surface area contributed by atoms with Gasteiger partial charge in [-0.15, -0.1) is 0 Å². The van der Waals surface area contributed by atoms with Gasteiger partial charge in [-0.05, 0) is 12.1 Å². The van der Waals surface area contributed by atoms with Crippen molar-refractivity contribution in [2.24, 2.45) is 0 Å². The minimum Gasteiger partial charge on any atom is -0.506 e. The van der Waals surface area contributed by atoms with E-state index < -0.39 is 17.1 Å². The maximum Gasteiger partial charge on any atom is 0.340 e. The van der Waals surface area contributed by atoms with Crippen molar-refractivity contribution in [1.82, 2.24) is 0 Å². The molecule has 2 aromatic carbocycles. The summed E-state index contributed by atoms with van der Waals surface area (Å²) in [5.41, 5.74) is 1.000. The molecule has 0 aliphatic carbocycles. The van der Waals surface area contributed by atoms with Gasteiger partial charge in [0.25, 0.3) is 5.69 Å². The van der Waals surface area contributed by atoms with E-state index in [1.807, 2.05) is 0 Å². The summed E-state index contributed by atoms with van der Waals surface area (Å²) in [4.78, 5) is 21.9. The second kappa shape index (κ2) is 4.78. The molecular formula is C14H10N2O5. The number of carbonyl (C=O) groups excluding carboxylic acids is 1. The van der Waals surface area contributed by atoms with Gasteiger partial charge in [0, 0.05) is 17.7 Å². The summed E-state index contributed by atoms with van der Waals surface area (Å²) in [5, 5.41) is 23.3. The number of ether oxygens (including phenoxy) is 1. The number of aromatic hydroxyl groups is 1. The van der Waals surface area contributed by atoms with E-state index in [2.05, 4.69) is 5.32 Å². The fraction of sp³-hybridized carbons (Fsp3) is 0.0714. The maximum atomic E-state index is 11.7. The second-order valence-electron chi connectivity index (χ2n) is 4.48. The highest BCUT2D eigenvalue weighted by molar-refractivity contribution is 5.94. The first kappa shape index (κ1) is 12.9. The summed E-state index contributed by atoms with van der Waals surface area (Å²) in [5.74, 6) is -0.644. The molecule has 1 aliphatic rings. The first-order valence-corrected chi connectivity index (χ1v) is 6.10. The highest BCUT2D eigenvalue weighted by Gasteiger charge is 2.31. The molecule has 0 radical (unpaired) electrons. The lowest BCUT2D eigenvalue weighted by Crippen LogP contribution is -2.10. The number of cyclic esters (lactones) is 1. The van der Waals surface area contributed by atoms with Gasteiger partial charge in [-0.25, -0.2) is 4.79 Å². The molecule has 0 amide bonds. The minimum absolute atomic E-state index is 0.124. The molecule has 0 saturated heterocycles. The zero-order chi connectivity index (χ0) is 15.0. The van der Waals surface area contributed by atoms with E-state index in [0.29, 0.717) is 11.1 Å². The van der Waals surface area contributed by atoms with Gasteiger partial charge < -0.3 is 15.2 Å². The molecule has 0 unspecified atom stereocenters. The first-order valence-electron chi connectivity index (χ1n) is 6.10. The smallest absolute Gasteiger partial charge is 0.340 e. The van der Waals surface area contributed by atoms with Gasteiger partial charge in [0.15, 0.2) is 0 Å². The van der Waals surface area contributed by atoms with Crippen LogP contribution in [0.1, 0.15) is 22.1 Å². The number of hydrogen-bond acceptors (Lipinski definition) is 6. The van der Waals surface area contributed by atoms with E-state index in [9.17, 15) is 20.0 Å². The number of phenols is 1. The molecule has 0 spiro atoms. The average molecular weight is 286 g/mol. The summed E-state index contributed by atoms with van der Waals surface area (Å²) in [6, 6.07) is 10.4. The van der Waals surface area contributed by atoms with E-state index in [4.69, 9.17) is 4.74 Å². The Morgan fingerprint density at radius 1 is 1.24 bits per heavy atom. The highest BCUT2D eigenvalue weighted by Crippen LogP contribution is 2.35. The number of carbonyl (C=O) groups is 1. The fourth-order valence-corrected chi connectivity index (χ4v) is 2.15. The molecule has 1 heterocycles. The molecule has 0 bridgehead atoms. The van der Waals surface area contributed by atoms with Crippen LogP contribution in [0.15, 0.2) is 42.5 Å². The van der Waals surface area contributed by atoms with Crippen molar-refractivity contribution in [3.63, 3.8) is 0 Å². The molecule has 7 heteroatoms. The summed E-state index contributed by atoms with van der Waals surface area (Å²) < 4.78 is 5.16. The monoisotopic (exact) mass is 286 g/mol. The van der Waals surface area contributed by atoms with Crippen LogP contribution in [-0.2, 0) is 4.74 Å². The molecule has 7 nitrogen and oxygen atoms in total. The molecule has 21 heavy (non-hydrogen) atoms. The number of hydrogen-bond donors (Lipinski definition) is 2. The summed E-state index contributed by atoms with van der Waals surface area (Å²) in [7, 11) is 0. The van der Waals surface area contributed by atoms with Gasteiger partial charge in [0.2, 0.25) is 6.23 Å². The number of anilines is 1. The van der Waals surface area contributed by atoms with Crippen molar-refractivity contribution in [1.29, 1.82) is 0 Å². The largest absolute Gasteiger partial charge is 0.506 e. The molecule has 3 rings (SSSR count). The second-order valence-corrected chi connectivity index (χ2v) is 4.48. The van der Waals surface area contributed by atoms with Gasteiger partial charge in [-0.1, -0.05) is 18.2 Å². The summed E-state index contributed by atoms with van der Waals surface area (Å²) >= 11 is 0. The van der Waals surface area contributed by atoms with Crippen LogP contribution in [0.25, 0.3) is 0 Å². The Hall–Kier alpha value is -3.09. The van der Waals surface area contributed by atoms with Crippen LogP contribution in [0.2, 0.25) is 0 Å². The minimum atomic E-state index is -0.790. The molecule has 2 aromatic rings. The van der Waals surface area contributed by atoms with Crippen molar-refractivity contribution in [2.45, 2.75) is 6.23 Å². The van der Waals surface area contributed by atoms with Gasteiger partial charge in [0.05, 0.1) is 16.2 Å². The summed E-state index contributed by atoms with van der Waals surface area (Å²) in [6.45, 7) is 0. The third-order valence-electron chi connectivity index (χ3n) is 3.17. The standard InChI is InChI=1S/C14H10N2O5/c17-12-6-5-8(16(19)20)7-11(12)15-13-9-3-1-2-4-10(9)14(18)21-13/h1-7,13,15,17H/t13-/m1/s1. The number of nitrogens with one attached hydrogen (secondary N) is 1. The van der Waals surface area contributed by atoms with E-state index in [1.54, 1.807) is 24.3 Å². The predicted octanol–water partition coefficient (Wildman–Crippen LogP) is 2.58. The number of rotatable bonds is 3. The van der Waals surface area contributed by atoms with Crippen LogP contribution in [0.3, 0.4) is 0 Å². The number of non-ortho nitro benzene ring substituents is 1. The highest BCUT2D eigenvalue weighted by atomic mass is 16.6. The number of phenolic OH excluding ortho intramolecular Hbond substituents is 1. The molecule has 1 atom stereocenters. The Bertz CT molecular complexity index is 744. The topological polar surface area (TPSA) is 102 Å². The third-order valence-corrected chi connectivity index (χ3v) is 3.17. The van der Waals surface area contributed by atoms with Crippen molar-refractivity contribution in [2.75, 3.05) is 5.32 Å². The van der Waals surface area contributed by atoms with Crippen molar-refractivity contribution < 1.29 is 19.6 Å². The number of esters is 1. The van der Waals surface area contributed by atoms with E-state index in [-0.39, 0.29) is 17.1 Å². The van der Waals surface area contributed by atoms with Crippen LogP contribution < -0.4 is 5.32 Å². The van der Waals surface area contributed by atoms with E-state index in [1.165, 1.54) is 18.2 Å². The van der Waals surface area contributed by atoms with Gasteiger partial charge in [-0.3, -0.25) is 10.1 Å². The average Bonchev–Trinajstić information content (AvgIpc) is 2.78. The third kappa shape index (κ3) is 2.25. The number of nitro groups is 1. The maximum absolute atomic E-state index is 11.7. The lowest BCUT2D eigenvalue weighted by Gasteiger charge is -2.15. The Labute approximate surface area is 118 Å². The van der Waals surface area contributed by atoms with E-state index in [0.717, 1.165) is 0 Å². The van der Waals surface area contributed by atoms with Crippen molar-refractivity contribution in [3.8, 4) is 5.75 Å². The normalized spacial score (nSPS) is 16.2. The van der Waals surface area contributed by atoms with Crippen molar-refractivity contribution >= 4 is 17.3 Å². The molecule has 106 valence electrons. The van der Waals surface area contributed by atoms with Crippen LogP contribution in [0, 0.1) is 10.1 Å². The lowest BCUT2D eigenvalue weighted by atomic mass is 10.1. The SMILES string of the molecule is O=C1O[C@@H](Nc2cc([N+](=O)[O-])ccc2O)c2ccccc21. The molecule has 2 N–H and O–H groups in total. The van der Waals surface area contributed by atoms with Crippen LogP contribution in [-0.4, -0.2) is 16.0 Å². The van der Waals surface area contributed by atoms with Gasteiger partial charge in [-0.2, -0.15) is 0 Å². The molecule has 0 fully saturated rings. The fourth-order valence-electron chi connectivity index (χ4n) is 2.15. The first-order chi connectivity index (χ1) is 10.1. The van der Waals surface area contributed by atoms with Crippen molar-refractivity contribution in [3.05, 3.63) is 63.7 Å². The number of benzene rings is 2. The molecule has 0 aromatic heterocycles. The quantitative estimate of drug-likeness (QED) is 0.389. The molecular weight excluding hydrogens is 276 g/mol. The Morgan fingerprint density at radius 2 is 2.00 bits per heavy atom.